The summed E-state index contributed by atoms with van der Waals surface area (Å²) in [5.41, 5.74) is 1.22. The highest BCUT2D eigenvalue weighted by atomic mass is 16.5. The number of nitrogens with one attached hydrogen (secondary N) is 1. The number of benzene rings is 1. The molecule has 0 aliphatic carbocycles. The second-order valence-corrected chi connectivity index (χ2v) is 8.31. The lowest BCUT2D eigenvalue weighted by molar-refractivity contribution is 0.0374. The molecule has 0 unspecified atom stereocenters. The van der Waals surface area contributed by atoms with E-state index in [1.807, 2.05) is 12.1 Å². The van der Waals surface area contributed by atoms with Crippen LogP contribution in [0.3, 0.4) is 0 Å². The Morgan fingerprint density at radius 3 is 2.62 bits per heavy atom. The highest BCUT2D eigenvalue weighted by Gasteiger charge is 2.14. The van der Waals surface area contributed by atoms with Crippen LogP contribution in [0.25, 0.3) is 0 Å². The molecule has 3 rings (SSSR count). The van der Waals surface area contributed by atoms with Crippen LogP contribution in [0.1, 0.15) is 37.7 Å². The fourth-order valence-corrected chi connectivity index (χ4v) is 4.09. The monoisotopic (exact) mass is 405 g/mol. The van der Waals surface area contributed by atoms with Crippen molar-refractivity contribution in [1.82, 2.24) is 15.1 Å². The van der Waals surface area contributed by atoms with Gasteiger partial charge in [-0.3, -0.25) is 4.90 Å². The van der Waals surface area contributed by atoms with Gasteiger partial charge < -0.3 is 24.8 Å². The summed E-state index contributed by atoms with van der Waals surface area (Å²) in [7, 11) is 0. The maximum absolute atomic E-state index is 10.3. The molecule has 164 valence electrons. The molecule has 2 fully saturated rings. The van der Waals surface area contributed by atoms with Gasteiger partial charge in [-0.25, -0.2) is 0 Å². The van der Waals surface area contributed by atoms with Gasteiger partial charge in [0.15, 0.2) is 0 Å². The molecule has 1 aromatic rings. The number of likely N-dealkylation sites (tertiary alicyclic amines) is 1. The predicted octanol–water partition coefficient (Wildman–Crippen LogP) is 2.11. The predicted molar refractivity (Wildman–Crippen MR) is 116 cm³/mol. The van der Waals surface area contributed by atoms with Crippen molar-refractivity contribution in [1.29, 1.82) is 0 Å². The average Bonchev–Trinajstić information content (AvgIpc) is 3.02. The number of hydrogen-bond acceptors (Lipinski definition) is 6. The Kier molecular flexibility index (Phi) is 10.2. The summed E-state index contributed by atoms with van der Waals surface area (Å²) in [5, 5.41) is 13.9. The molecule has 2 aliphatic rings. The van der Waals surface area contributed by atoms with Crippen molar-refractivity contribution in [2.24, 2.45) is 0 Å². The molecule has 2 N–H and O–H groups in total. The lowest BCUT2D eigenvalue weighted by atomic mass is 10.2. The van der Waals surface area contributed by atoms with E-state index >= 15 is 0 Å². The number of ether oxygens (including phenoxy) is 2. The largest absolute Gasteiger partial charge is 0.491 e. The van der Waals surface area contributed by atoms with Crippen molar-refractivity contribution in [3.05, 3.63) is 29.8 Å². The number of β-amino-alcohol motifs (C(OH)–C–C–N with tert-alkyl or cyclic N) is 1. The molecule has 2 heterocycles. The molecule has 6 heteroatoms. The molecule has 0 amide bonds. The van der Waals surface area contributed by atoms with Crippen LogP contribution in [0.4, 0.5) is 0 Å². The van der Waals surface area contributed by atoms with Crippen molar-refractivity contribution in [2.75, 3.05) is 65.6 Å². The standard InChI is InChI=1S/C23H39N3O3/c27-22(19-26-10-3-1-2-4-11-26)20-29-23-8-5-7-21(17-23)18-24-9-6-12-25-13-15-28-16-14-25/h5,7-8,17,22,24,27H,1-4,6,9-16,18-20H2/t22-/m1/s1. The van der Waals surface area contributed by atoms with Gasteiger partial charge in [-0.05, 0) is 63.1 Å². The summed E-state index contributed by atoms with van der Waals surface area (Å²) in [6, 6.07) is 8.20. The first kappa shape index (κ1) is 22.5. The van der Waals surface area contributed by atoms with Crippen LogP contribution >= 0.6 is 0 Å². The fraction of sp³-hybridized carbons (Fsp3) is 0.739. The Labute approximate surface area is 176 Å². The second kappa shape index (κ2) is 13.2. The number of rotatable bonds is 11. The number of aliphatic hydroxyl groups excluding tert-OH is 1. The van der Waals surface area contributed by atoms with E-state index in [2.05, 4.69) is 27.2 Å². The van der Waals surface area contributed by atoms with E-state index in [4.69, 9.17) is 9.47 Å². The van der Waals surface area contributed by atoms with Gasteiger partial charge in [0.1, 0.15) is 18.5 Å². The Bertz CT molecular complexity index is 558. The van der Waals surface area contributed by atoms with Gasteiger partial charge in [-0.2, -0.15) is 0 Å². The highest BCUT2D eigenvalue weighted by molar-refractivity contribution is 5.28. The third kappa shape index (κ3) is 9.01. The second-order valence-electron chi connectivity index (χ2n) is 8.31. The molecular weight excluding hydrogens is 366 g/mol. The van der Waals surface area contributed by atoms with E-state index in [1.54, 1.807) is 0 Å². The number of aliphatic hydroxyl groups is 1. The van der Waals surface area contributed by atoms with Crippen LogP contribution in [0, 0.1) is 0 Å². The van der Waals surface area contributed by atoms with Crippen molar-refractivity contribution < 1.29 is 14.6 Å². The lowest BCUT2D eigenvalue weighted by Crippen LogP contribution is -2.37. The van der Waals surface area contributed by atoms with Gasteiger partial charge in [-0.1, -0.05) is 25.0 Å². The quantitative estimate of drug-likeness (QED) is 0.550. The van der Waals surface area contributed by atoms with E-state index in [-0.39, 0.29) is 0 Å². The molecule has 0 bridgehead atoms. The maximum atomic E-state index is 10.3. The zero-order chi connectivity index (χ0) is 20.2. The van der Waals surface area contributed by atoms with Crippen LogP contribution in [0.5, 0.6) is 5.75 Å². The van der Waals surface area contributed by atoms with Crippen LogP contribution in [0.2, 0.25) is 0 Å². The first-order valence-corrected chi connectivity index (χ1v) is 11.4. The van der Waals surface area contributed by atoms with Crippen LogP contribution in [-0.4, -0.2) is 86.6 Å². The molecule has 2 aliphatic heterocycles. The number of morpholine rings is 1. The van der Waals surface area contributed by atoms with Crippen molar-refractivity contribution in [3.63, 3.8) is 0 Å². The number of hydrogen-bond donors (Lipinski definition) is 2. The van der Waals surface area contributed by atoms with E-state index in [1.165, 1.54) is 31.2 Å². The zero-order valence-electron chi connectivity index (χ0n) is 17.9. The third-order valence-corrected chi connectivity index (χ3v) is 5.77. The van der Waals surface area contributed by atoms with E-state index in [0.29, 0.717) is 13.2 Å². The Morgan fingerprint density at radius 1 is 1.03 bits per heavy atom. The first-order valence-electron chi connectivity index (χ1n) is 11.4. The smallest absolute Gasteiger partial charge is 0.119 e. The molecule has 1 atom stereocenters. The molecule has 1 aromatic carbocycles. The minimum absolute atomic E-state index is 0.354. The van der Waals surface area contributed by atoms with Gasteiger partial charge in [-0.15, -0.1) is 0 Å². The molecule has 0 saturated carbocycles. The minimum Gasteiger partial charge on any atom is -0.491 e. The topological polar surface area (TPSA) is 57.2 Å². The van der Waals surface area contributed by atoms with Gasteiger partial charge in [0, 0.05) is 26.2 Å². The first-order chi connectivity index (χ1) is 14.3. The summed E-state index contributed by atoms with van der Waals surface area (Å²) in [4.78, 5) is 4.84. The zero-order valence-corrected chi connectivity index (χ0v) is 17.9. The summed E-state index contributed by atoms with van der Waals surface area (Å²) in [5.74, 6) is 0.840. The van der Waals surface area contributed by atoms with E-state index in [9.17, 15) is 5.11 Å². The van der Waals surface area contributed by atoms with Gasteiger partial charge >= 0.3 is 0 Å². The molecule has 29 heavy (non-hydrogen) atoms. The Balaban J connectivity index is 1.30. The van der Waals surface area contributed by atoms with Crippen LogP contribution in [-0.2, 0) is 11.3 Å². The van der Waals surface area contributed by atoms with Crippen LogP contribution < -0.4 is 10.1 Å². The summed E-state index contributed by atoms with van der Waals surface area (Å²) >= 11 is 0. The van der Waals surface area contributed by atoms with Crippen LogP contribution in [0.15, 0.2) is 24.3 Å². The van der Waals surface area contributed by atoms with E-state index < -0.39 is 6.10 Å². The molecule has 0 aromatic heterocycles. The van der Waals surface area contributed by atoms with Gasteiger partial charge in [0.2, 0.25) is 0 Å². The van der Waals surface area contributed by atoms with Crippen molar-refractivity contribution in [2.45, 2.75) is 44.8 Å². The van der Waals surface area contributed by atoms with Crippen molar-refractivity contribution in [3.8, 4) is 5.75 Å². The lowest BCUT2D eigenvalue weighted by Gasteiger charge is -2.26. The summed E-state index contributed by atoms with van der Waals surface area (Å²) < 4.78 is 11.3. The van der Waals surface area contributed by atoms with E-state index in [0.717, 1.165) is 71.2 Å². The third-order valence-electron chi connectivity index (χ3n) is 5.77. The average molecular weight is 406 g/mol. The fourth-order valence-electron chi connectivity index (χ4n) is 4.09. The molecular formula is C23H39N3O3. The normalized spacial score (nSPS) is 20.3. The number of nitrogens with zero attached hydrogens (tertiary/aromatic N) is 2. The minimum atomic E-state index is -0.435. The summed E-state index contributed by atoms with van der Waals surface area (Å²) in [6.07, 6.45) is 5.84. The van der Waals surface area contributed by atoms with Gasteiger partial charge in [0.25, 0.3) is 0 Å². The Morgan fingerprint density at radius 2 is 1.83 bits per heavy atom. The van der Waals surface area contributed by atoms with Crippen molar-refractivity contribution >= 4 is 0 Å². The maximum Gasteiger partial charge on any atom is 0.119 e. The molecule has 6 nitrogen and oxygen atoms in total. The molecule has 2 saturated heterocycles. The molecule has 0 radical (unpaired) electrons. The Hall–Kier alpha value is -1.18. The highest BCUT2D eigenvalue weighted by Crippen LogP contribution is 2.14. The molecule has 0 spiro atoms. The SMILES string of the molecule is O[C@@H](COc1cccc(CNCCCN2CCOCC2)c1)CN1CCCCCC1. The van der Waals surface area contributed by atoms with Gasteiger partial charge in [0.05, 0.1) is 13.2 Å². The summed E-state index contributed by atoms with van der Waals surface area (Å²) in [6.45, 7) is 10.1.